The SMILES string of the molecule is NC(c1ccc2c(c1)CCCO2)C1CCCCN1. The number of fused-ring (bicyclic) bond motifs is 1. The Bertz CT molecular complexity index is 413. The van der Waals surface area contributed by atoms with E-state index in [0.29, 0.717) is 6.04 Å². The van der Waals surface area contributed by atoms with E-state index < -0.39 is 0 Å². The predicted octanol–water partition coefficient (Wildman–Crippen LogP) is 2.15. The van der Waals surface area contributed by atoms with E-state index in [1.54, 1.807) is 0 Å². The maximum absolute atomic E-state index is 6.40. The zero-order chi connectivity index (χ0) is 12.4. The number of hydrogen-bond acceptors (Lipinski definition) is 3. The minimum Gasteiger partial charge on any atom is -0.493 e. The number of nitrogens with two attached hydrogens (primary N) is 1. The Hall–Kier alpha value is -1.06. The summed E-state index contributed by atoms with van der Waals surface area (Å²) >= 11 is 0. The second-order valence-corrected chi connectivity index (χ2v) is 5.40. The van der Waals surface area contributed by atoms with Crippen LogP contribution >= 0.6 is 0 Å². The van der Waals surface area contributed by atoms with Gasteiger partial charge in [0.25, 0.3) is 0 Å². The Labute approximate surface area is 109 Å². The van der Waals surface area contributed by atoms with Crippen LogP contribution in [0.2, 0.25) is 0 Å². The van der Waals surface area contributed by atoms with E-state index >= 15 is 0 Å². The number of rotatable bonds is 2. The Morgan fingerprint density at radius 3 is 3.06 bits per heavy atom. The highest BCUT2D eigenvalue weighted by molar-refractivity contribution is 5.40. The van der Waals surface area contributed by atoms with Gasteiger partial charge in [-0.3, -0.25) is 0 Å². The Kier molecular flexibility index (Phi) is 3.52. The first-order chi connectivity index (χ1) is 8.84. The highest BCUT2D eigenvalue weighted by Gasteiger charge is 2.22. The van der Waals surface area contributed by atoms with Crippen LogP contribution in [0.15, 0.2) is 18.2 Å². The molecule has 1 saturated heterocycles. The van der Waals surface area contributed by atoms with Crippen molar-refractivity contribution in [3.8, 4) is 5.75 Å². The van der Waals surface area contributed by atoms with Crippen molar-refractivity contribution in [2.24, 2.45) is 5.73 Å². The summed E-state index contributed by atoms with van der Waals surface area (Å²) in [6.07, 6.45) is 6.00. The lowest BCUT2D eigenvalue weighted by Gasteiger charge is -2.30. The van der Waals surface area contributed by atoms with Crippen LogP contribution in [0.5, 0.6) is 5.75 Å². The van der Waals surface area contributed by atoms with Gasteiger partial charge in [-0.1, -0.05) is 18.6 Å². The van der Waals surface area contributed by atoms with E-state index in [0.717, 1.165) is 31.7 Å². The van der Waals surface area contributed by atoms with Crippen LogP contribution in [0.25, 0.3) is 0 Å². The molecule has 0 bridgehead atoms. The van der Waals surface area contributed by atoms with E-state index in [-0.39, 0.29) is 6.04 Å². The normalized spacial score (nSPS) is 25.1. The first-order valence-corrected chi connectivity index (χ1v) is 7.09. The van der Waals surface area contributed by atoms with Gasteiger partial charge in [0.05, 0.1) is 6.61 Å². The summed E-state index contributed by atoms with van der Waals surface area (Å²) in [6.45, 7) is 1.95. The van der Waals surface area contributed by atoms with Crippen LogP contribution in [0.1, 0.15) is 42.9 Å². The molecular weight excluding hydrogens is 224 g/mol. The van der Waals surface area contributed by atoms with Gasteiger partial charge in [-0.15, -0.1) is 0 Å². The molecule has 1 aromatic carbocycles. The van der Waals surface area contributed by atoms with Crippen LogP contribution in [-0.4, -0.2) is 19.2 Å². The lowest BCUT2D eigenvalue weighted by atomic mass is 9.91. The van der Waals surface area contributed by atoms with Crippen molar-refractivity contribution in [1.82, 2.24) is 5.32 Å². The van der Waals surface area contributed by atoms with E-state index in [9.17, 15) is 0 Å². The first-order valence-electron chi connectivity index (χ1n) is 7.09. The van der Waals surface area contributed by atoms with E-state index in [1.165, 1.54) is 30.4 Å². The summed E-state index contributed by atoms with van der Waals surface area (Å²) in [5, 5.41) is 3.54. The molecule has 0 saturated carbocycles. The molecule has 0 aliphatic carbocycles. The molecular formula is C15H22N2O. The topological polar surface area (TPSA) is 47.3 Å². The standard InChI is InChI=1S/C15H22N2O/c16-15(13-5-1-2-8-17-13)12-6-7-14-11(10-12)4-3-9-18-14/h6-7,10,13,15,17H,1-5,8-9,16H2. The monoisotopic (exact) mass is 246 g/mol. The van der Waals surface area contributed by atoms with Crippen LogP contribution in [0.3, 0.4) is 0 Å². The zero-order valence-corrected chi connectivity index (χ0v) is 10.8. The maximum Gasteiger partial charge on any atom is 0.122 e. The van der Waals surface area contributed by atoms with Gasteiger partial charge in [0, 0.05) is 12.1 Å². The van der Waals surface area contributed by atoms with Gasteiger partial charge < -0.3 is 15.8 Å². The van der Waals surface area contributed by atoms with E-state index in [2.05, 4.69) is 23.5 Å². The molecule has 0 radical (unpaired) electrons. The average molecular weight is 246 g/mol. The maximum atomic E-state index is 6.40. The summed E-state index contributed by atoms with van der Waals surface area (Å²) < 4.78 is 5.65. The minimum absolute atomic E-state index is 0.109. The van der Waals surface area contributed by atoms with Crippen molar-refractivity contribution < 1.29 is 4.74 Å². The molecule has 0 amide bonds. The van der Waals surface area contributed by atoms with Crippen molar-refractivity contribution in [2.45, 2.75) is 44.2 Å². The molecule has 2 aliphatic rings. The number of nitrogens with one attached hydrogen (secondary N) is 1. The summed E-state index contributed by atoms with van der Waals surface area (Å²) in [5.41, 5.74) is 8.97. The molecule has 2 atom stereocenters. The number of benzene rings is 1. The molecule has 3 heteroatoms. The lowest BCUT2D eigenvalue weighted by Crippen LogP contribution is -2.42. The Morgan fingerprint density at radius 2 is 2.22 bits per heavy atom. The molecule has 1 aromatic rings. The number of ether oxygens (including phenoxy) is 1. The summed E-state index contributed by atoms with van der Waals surface area (Å²) in [6, 6.07) is 7.01. The third-order valence-electron chi connectivity index (χ3n) is 4.10. The molecule has 2 heterocycles. The molecule has 2 aliphatic heterocycles. The quantitative estimate of drug-likeness (QED) is 0.840. The molecule has 3 rings (SSSR count). The third-order valence-corrected chi connectivity index (χ3v) is 4.10. The number of aryl methyl sites for hydroxylation is 1. The van der Waals surface area contributed by atoms with Gasteiger partial charge in [0.1, 0.15) is 5.75 Å². The number of hydrogen-bond donors (Lipinski definition) is 2. The van der Waals surface area contributed by atoms with Gasteiger partial charge in [-0.2, -0.15) is 0 Å². The fraction of sp³-hybridized carbons (Fsp3) is 0.600. The highest BCUT2D eigenvalue weighted by atomic mass is 16.5. The van der Waals surface area contributed by atoms with Gasteiger partial charge in [-0.05, 0) is 49.4 Å². The molecule has 1 fully saturated rings. The van der Waals surface area contributed by atoms with Gasteiger partial charge in [0.2, 0.25) is 0 Å². The number of piperidine rings is 1. The van der Waals surface area contributed by atoms with Crippen molar-refractivity contribution in [2.75, 3.05) is 13.2 Å². The van der Waals surface area contributed by atoms with Crippen molar-refractivity contribution in [1.29, 1.82) is 0 Å². The highest BCUT2D eigenvalue weighted by Crippen LogP contribution is 2.29. The van der Waals surface area contributed by atoms with Gasteiger partial charge in [0.15, 0.2) is 0 Å². The second-order valence-electron chi connectivity index (χ2n) is 5.40. The first kappa shape index (κ1) is 12.0. The van der Waals surface area contributed by atoms with Crippen LogP contribution in [0.4, 0.5) is 0 Å². The molecule has 0 aromatic heterocycles. The van der Waals surface area contributed by atoms with Crippen molar-refractivity contribution >= 4 is 0 Å². The zero-order valence-electron chi connectivity index (χ0n) is 10.8. The van der Waals surface area contributed by atoms with Gasteiger partial charge >= 0.3 is 0 Å². The molecule has 0 spiro atoms. The van der Waals surface area contributed by atoms with Crippen molar-refractivity contribution in [3.05, 3.63) is 29.3 Å². The fourth-order valence-corrected chi connectivity index (χ4v) is 3.01. The Morgan fingerprint density at radius 1 is 1.28 bits per heavy atom. The predicted molar refractivity (Wildman–Crippen MR) is 72.8 cm³/mol. The van der Waals surface area contributed by atoms with E-state index in [1.807, 2.05) is 0 Å². The van der Waals surface area contributed by atoms with E-state index in [4.69, 9.17) is 10.5 Å². The minimum atomic E-state index is 0.109. The summed E-state index contributed by atoms with van der Waals surface area (Å²) in [4.78, 5) is 0. The summed E-state index contributed by atoms with van der Waals surface area (Å²) in [7, 11) is 0. The molecule has 3 nitrogen and oxygen atoms in total. The molecule has 3 N–H and O–H groups in total. The Balaban J connectivity index is 1.78. The average Bonchev–Trinajstić information content (AvgIpc) is 2.47. The smallest absolute Gasteiger partial charge is 0.122 e. The second kappa shape index (κ2) is 5.29. The molecule has 2 unspecified atom stereocenters. The van der Waals surface area contributed by atoms with Crippen LogP contribution in [-0.2, 0) is 6.42 Å². The summed E-state index contributed by atoms with van der Waals surface area (Å²) in [5.74, 6) is 1.05. The van der Waals surface area contributed by atoms with Gasteiger partial charge in [-0.25, -0.2) is 0 Å². The van der Waals surface area contributed by atoms with Crippen LogP contribution < -0.4 is 15.8 Å². The molecule has 98 valence electrons. The third kappa shape index (κ3) is 2.38. The lowest BCUT2D eigenvalue weighted by molar-refractivity contribution is 0.287. The fourth-order valence-electron chi connectivity index (χ4n) is 3.01. The van der Waals surface area contributed by atoms with Crippen molar-refractivity contribution in [3.63, 3.8) is 0 Å². The molecule has 18 heavy (non-hydrogen) atoms. The van der Waals surface area contributed by atoms with Crippen LogP contribution in [0, 0.1) is 0 Å². The largest absolute Gasteiger partial charge is 0.493 e.